The third-order valence-corrected chi connectivity index (χ3v) is 5.27. The van der Waals surface area contributed by atoms with Crippen molar-refractivity contribution in [3.8, 4) is 0 Å². The maximum Gasteiger partial charge on any atom is 1.00 e. The van der Waals surface area contributed by atoms with Crippen LogP contribution in [-0.2, 0) is 4.79 Å². The second kappa shape index (κ2) is 24.5. The van der Waals surface area contributed by atoms with E-state index in [1.54, 1.807) is 0 Å². The van der Waals surface area contributed by atoms with Crippen LogP contribution in [0.1, 0.15) is 130 Å². The van der Waals surface area contributed by atoms with Crippen molar-refractivity contribution in [2.75, 3.05) is 0 Å². The molecule has 2 N–H and O–H groups in total. The molecule has 0 spiro atoms. The molecule has 0 heterocycles. The van der Waals surface area contributed by atoms with Crippen LogP contribution in [0.25, 0.3) is 0 Å². The minimum atomic E-state index is -1.23. The molecule has 5 nitrogen and oxygen atoms in total. The largest absolute Gasteiger partial charge is 1.00 e. The van der Waals surface area contributed by atoms with E-state index in [1.807, 2.05) is 6.29 Å². The smallest absolute Gasteiger partial charge is 0.542 e. The van der Waals surface area contributed by atoms with Gasteiger partial charge in [0.15, 0.2) is 0 Å². The summed E-state index contributed by atoms with van der Waals surface area (Å²) in [6.07, 6.45) is 23.2. The number of rotatable bonds is 18. The number of carbonyl (C=O) groups is 2. The Kier molecular flexibility index (Phi) is 25.2. The fraction of sp³-hybridized carbons (Fsp3) is 0.654. The van der Waals surface area contributed by atoms with E-state index in [-0.39, 0.29) is 40.7 Å². The van der Waals surface area contributed by atoms with E-state index < -0.39 is 11.9 Å². The molecule has 176 valence electrons. The summed E-state index contributed by atoms with van der Waals surface area (Å²) in [5.41, 5.74) is -0.380. The second-order valence-electron chi connectivity index (χ2n) is 8.00. The van der Waals surface area contributed by atoms with Crippen molar-refractivity contribution in [3.05, 3.63) is 35.4 Å². The van der Waals surface area contributed by atoms with Gasteiger partial charge in [-0.25, -0.2) is 9.59 Å². The van der Waals surface area contributed by atoms with Gasteiger partial charge in [0.2, 0.25) is 0 Å². The molecule has 0 atom stereocenters. The average molecular weight is 457 g/mol. The summed E-state index contributed by atoms with van der Waals surface area (Å²) in [7, 11) is 0. The SMILES string of the molecule is CCCCCCCCCCCCCCCCC[C-]=O.O=C(O)c1ccccc1C(=O)O.[Na+]. The van der Waals surface area contributed by atoms with Gasteiger partial charge in [0, 0.05) is 0 Å². The first-order valence-electron chi connectivity index (χ1n) is 11.9. The Labute approximate surface area is 216 Å². The van der Waals surface area contributed by atoms with Gasteiger partial charge in [-0.1, -0.05) is 115 Å². The van der Waals surface area contributed by atoms with Crippen LogP contribution in [0.15, 0.2) is 24.3 Å². The van der Waals surface area contributed by atoms with Crippen molar-refractivity contribution < 1.29 is 54.2 Å². The second-order valence-corrected chi connectivity index (χ2v) is 8.00. The Balaban J connectivity index is 0. The maximum absolute atomic E-state index is 10.5. The Morgan fingerprint density at radius 2 is 0.969 bits per heavy atom. The minimum Gasteiger partial charge on any atom is -0.542 e. The molecule has 6 heteroatoms. The van der Waals surface area contributed by atoms with Gasteiger partial charge < -0.3 is 15.0 Å². The Morgan fingerprint density at radius 1 is 0.656 bits per heavy atom. The van der Waals surface area contributed by atoms with E-state index in [4.69, 9.17) is 10.2 Å². The molecule has 0 radical (unpaired) electrons. The average Bonchev–Trinajstić information content (AvgIpc) is 2.77. The zero-order valence-corrected chi connectivity index (χ0v) is 22.2. The first kappa shape index (κ1) is 33.0. The zero-order chi connectivity index (χ0) is 23.2. The van der Waals surface area contributed by atoms with Gasteiger partial charge in [-0.05, 0) is 12.1 Å². The first-order chi connectivity index (χ1) is 15.0. The molecule has 0 unspecified atom stereocenters. The van der Waals surface area contributed by atoms with Gasteiger partial charge in [-0.15, -0.1) is 0 Å². The summed E-state index contributed by atoms with van der Waals surface area (Å²) >= 11 is 0. The number of hydrogen-bond acceptors (Lipinski definition) is 3. The summed E-state index contributed by atoms with van der Waals surface area (Å²) in [5.74, 6) is -2.46. The topological polar surface area (TPSA) is 91.7 Å². The van der Waals surface area contributed by atoms with Crippen molar-refractivity contribution in [1.82, 2.24) is 0 Å². The van der Waals surface area contributed by atoms with Gasteiger partial charge in [-0.3, -0.25) is 6.29 Å². The quantitative estimate of drug-likeness (QED) is 0.194. The molecule has 0 fully saturated rings. The number of hydrogen-bond donors (Lipinski definition) is 2. The normalized spacial score (nSPS) is 9.91. The summed E-state index contributed by atoms with van der Waals surface area (Å²) < 4.78 is 0. The molecule has 0 amide bonds. The molecule has 0 saturated heterocycles. The van der Waals surface area contributed by atoms with Crippen molar-refractivity contribution in [1.29, 1.82) is 0 Å². The minimum absolute atomic E-state index is 0. The maximum atomic E-state index is 10.5. The Bertz CT molecular complexity index is 571. The molecule has 1 aromatic rings. The molecule has 0 bridgehead atoms. The molecule has 0 saturated carbocycles. The molecule has 0 aliphatic heterocycles. The fourth-order valence-electron chi connectivity index (χ4n) is 3.42. The van der Waals surface area contributed by atoms with E-state index >= 15 is 0 Å². The summed E-state index contributed by atoms with van der Waals surface area (Å²) in [6, 6.07) is 5.48. The number of carboxylic acid groups (broad SMARTS) is 2. The number of carbonyl (C=O) groups excluding carboxylic acids is 1. The van der Waals surface area contributed by atoms with Gasteiger partial charge in [0.25, 0.3) is 0 Å². The van der Waals surface area contributed by atoms with E-state index in [9.17, 15) is 14.4 Å². The van der Waals surface area contributed by atoms with Gasteiger partial charge in [0.1, 0.15) is 0 Å². The van der Waals surface area contributed by atoms with Gasteiger partial charge in [0.05, 0.1) is 11.1 Å². The van der Waals surface area contributed by atoms with Crippen LogP contribution in [0.2, 0.25) is 0 Å². The van der Waals surface area contributed by atoms with Crippen LogP contribution < -0.4 is 29.6 Å². The van der Waals surface area contributed by atoms with Crippen molar-refractivity contribution in [3.63, 3.8) is 0 Å². The molecule has 0 aliphatic rings. The van der Waals surface area contributed by atoms with Crippen LogP contribution >= 0.6 is 0 Å². The predicted molar refractivity (Wildman–Crippen MR) is 126 cm³/mol. The van der Waals surface area contributed by atoms with Gasteiger partial charge >= 0.3 is 41.5 Å². The Morgan fingerprint density at radius 3 is 1.25 bits per heavy atom. The van der Waals surface area contributed by atoms with Crippen LogP contribution in [-0.4, -0.2) is 28.4 Å². The third-order valence-electron chi connectivity index (χ3n) is 5.27. The summed E-state index contributed by atoms with van der Waals surface area (Å²) in [5, 5.41) is 17.1. The van der Waals surface area contributed by atoms with Crippen LogP contribution in [0.3, 0.4) is 0 Å². The number of unbranched alkanes of at least 4 members (excludes halogenated alkanes) is 15. The molecular formula is C26H41NaO5. The number of benzene rings is 1. The molecule has 1 rings (SSSR count). The zero-order valence-electron chi connectivity index (χ0n) is 20.2. The number of aromatic carboxylic acids is 2. The summed E-state index contributed by atoms with van der Waals surface area (Å²) in [6.45, 7) is 2.28. The monoisotopic (exact) mass is 456 g/mol. The third kappa shape index (κ3) is 19.5. The van der Waals surface area contributed by atoms with Crippen LogP contribution in [0.4, 0.5) is 0 Å². The molecule has 32 heavy (non-hydrogen) atoms. The predicted octanol–water partition coefficient (Wildman–Crippen LogP) is 4.44. The standard InChI is InChI=1S/C18H35O.C8H6O4.Na/c1-2-3-4-5-6-7-8-9-10-11-12-13-14-15-16-17-18-19;9-7(10)5-3-1-2-4-6(5)8(11)12;/h2-17H2,1H3;1-4H,(H,9,10)(H,11,12);/q-1;;+1. The van der Waals surface area contributed by atoms with E-state index in [0.29, 0.717) is 6.42 Å². The molecule has 0 aliphatic carbocycles. The molecule has 0 aromatic heterocycles. The van der Waals surface area contributed by atoms with Crippen LogP contribution in [0, 0.1) is 0 Å². The van der Waals surface area contributed by atoms with Crippen LogP contribution in [0.5, 0.6) is 0 Å². The Hall–Kier alpha value is -1.17. The number of carboxylic acids is 2. The molecular weight excluding hydrogens is 415 g/mol. The van der Waals surface area contributed by atoms with Gasteiger partial charge in [-0.2, -0.15) is 6.42 Å². The van der Waals surface area contributed by atoms with E-state index in [1.165, 1.54) is 114 Å². The van der Waals surface area contributed by atoms with Crippen molar-refractivity contribution >= 4 is 18.2 Å². The van der Waals surface area contributed by atoms with E-state index in [2.05, 4.69) is 6.92 Å². The molecule has 1 aromatic carbocycles. The van der Waals surface area contributed by atoms with Crippen molar-refractivity contribution in [2.45, 2.75) is 110 Å². The summed E-state index contributed by atoms with van der Waals surface area (Å²) in [4.78, 5) is 30.9. The van der Waals surface area contributed by atoms with Crippen molar-refractivity contribution in [2.24, 2.45) is 0 Å². The first-order valence-corrected chi connectivity index (χ1v) is 11.9. The fourth-order valence-corrected chi connectivity index (χ4v) is 3.42. The van der Waals surface area contributed by atoms with E-state index in [0.717, 1.165) is 6.42 Å².